The van der Waals surface area contributed by atoms with Crippen LogP contribution in [-0.4, -0.2) is 95.1 Å². The summed E-state index contributed by atoms with van der Waals surface area (Å²) in [6.07, 6.45) is 4.40. The molecule has 0 saturated carbocycles. The van der Waals surface area contributed by atoms with Gasteiger partial charge in [0.2, 0.25) is 29.5 Å². The maximum Gasteiger partial charge on any atom is 0.326 e. The predicted molar refractivity (Wildman–Crippen MR) is 197 cm³/mol. The van der Waals surface area contributed by atoms with Crippen LogP contribution in [0.25, 0.3) is 0 Å². The van der Waals surface area contributed by atoms with Crippen molar-refractivity contribution in [2.24, 2.45) is 23.1 Å². The number of carbonyl (C=O) groups excluding carboxylic acids is 5. The number of hydrogen-bond donors (Lipinski definition) is 10. The second-order valence-corrected chi connectivity index (χ2v) is 13.3. The second kappa shape index (κ2) is 24.6. The monoisotopic (exact) mass is 732 g/mol. The molecule has 0 aliphatic rings. The van der Waals surface area contributed by atoms with Gasteiger partial charge in [0.05, 0.1) is 6.04 Å². The van der Waals surface area contributed by atoms with E-state index >= 15 is 0 Å². The summed E-state index contributed by atoms with van der Waals surface area (Å²) in [6, 6.07) is -0.686. The van der Waals surface area contributed by atoms with E-state index in [1.54, 1.807) is 19.1 Å². The molecule has 5 amide bonds. The SMILES string of the molecule is C=CC[C@@H](NC(=O)[C@H](CCCCN)NC(=O)[C@H](CCCCN)NC(=O)[C@H](N)CC)C(=O)N[C@@H](Cc1ccc(O)cc1)C(=O)N[C@@H](CC(C)C)C(=O)O. The normalized spacial score (nSPS) is 14.5. The first-order valence-electron chi connectivity index (χ1n) is 18.0. The number of carboxylic acid groups (broad SMARTS) is 1. The fourth-order valence-electron chi connectivity index (χ4n) is 5.24. The van der Waals surface area contributed by atoms with Crippen LogP contribution in [-0.2, 0) is 35.2 Å². The van der Waals surface area contributed by atoms with Gasteiger partial charge in [0.25, 0.3) is 0 Å². The highest BCUT2D eigenvalue weighted by Gasteiger charge is 2.32. The van der Waals surface area contributed by atoms with E-state index in [0.29, 0.717) is 50.8 Å². The molecule has 1 rings (SSSR count). The minimum Gasteiger partial charge on any atom is -0.508 e. The first kappa shape index (κ1) is 45.5. The average molecular weight is 733 g/mol. The van der Waals surface area contributed by atoms with E-state index in [2.05, 4.69) is 33.2 Å². The van der Waals surface area contributed by atoms with Crippen LogP contribution in [0.4, 0.5) is 0 Å². The molecule has 52 heavy (non-hydrogen) atoms. The first-order valence-corrected chi connectivity index (χ1v) is 18.0. The number of amides is 5. The molecule has 0 aliphatic carbocycles. The van der Waals surface area contributed by atoms with Crippen LogP contribution >= 0.6 is 0 Å². The third-order valence-electron chi connectivity index (χ3n) is 8.30. The molecule has 13 N–H and O–H groups in total. The second-order valence-electron chi connectivity index (χ2n) is 13.3. The van der Waals surface area contributed by atoms with Gasteiger partial charge in [-0.15, -0.1) is 6.58 Å². The van der Waals surface area contributed by atoms with Crippen molar-refractivity contribution in [3.8, 4) is 5.75 Å². The van der Waals surface area contributed by atoms with Crippen LogP contribution < -0.4 is 43.8 Å². The number of carboxylic acids is 1. The fourth-order valence-corrected chi connectivity index (χ4v) is 5.24. The summed E-state index contributed by atoms with van der Waals surface area (Å²) in [6.45, 7) is 9.79. The van der Waals surface area contributed by atoms with Gasteiger partial charge >= 0.3 is 5.97 Å². The van der Waals surface area contributed by atoms with Gasteiger partial charge in [0.1, 0.15) is 36.0 Å². The topological polar surface area (TPSA) is 281 Å². The number of phenols is 1. The lowest BCUT2D eigenvalue weighted by molar-refractivity contribution is -0.142. The lowest BCUT2D eigenvalue weighted by atomic mass is 10.0. The largest absolute Gasteiger partial charge is 0.508 e. The van der Waals surface area contributed by atoms with Crippen LogP contribution in [0.5, 0.6) is 5.75 Å². The summed E-state index contributed by atoms with van der Waals surface area (Å²) in [5.74, 6) is -4.60. The Morgan fingerprint density at radius 2 is 1.15 bits per heavy atom. The number of nitrogens with one attached hydrogen (secondary N) is 5. The summed E-state index contributed by atoms with van der Waals surface area (Å²) in [5.41, 5.74) is 17.7. The van der Waals surface area contributed by atoms with Crippen molar-refractivity contribution in [2.75, 3.05) is 13.1 Å². The quantitative estimate of drug-likeness (QED) is 0.0449. The molecule has 1 aromatic carbocycles. The van der Waals surface area contributed by atoms with Crippen molar-refractivity contribution < 1.29 is 39.0 Å². The average Bonchev–Trinajstić information content (AvgIpc) is 3.10. The van der Waals surface area contributed by atoms with Crippen molar-refractivity contribution in [3.05, 3.63) is 42.5 Å². The number of aromatic hydroxyl groups is 1. The lowest BCUT2D eigenvalue weighted by Crippen LogP contribution is -2.59. The Hall–Kier alpha value is -4.54. The van der Waals surface area contributed by atoms with Crippen molar-refractivity contribution >= 4 is 35.5 Å². The smallest absolute Gasteiger partial charge is 0.326 e. The third kappa shape index (κ3) is 17.1. The summed E-state index contributed by atoms with van der Waals surface area (Å²) < 4.78 is 0. The maximum atomic E-state index is 13.7. The Labute approximate surface area is 306 Å². The lowest BCUT2D eigenvalue weighted by Gasteiger charge is -2.27. The van der Waals surface area contributed by atoms with Crippen LogP contribution in [0.1, 0.15) is 84.1 Å². The molecule has 0 saturated heterocycles. The number of aliphatic carboxylic acids is 1. The number of carbonyl (C=O) groups is 6. The molecule has 0 bridgehead atoms. The van der Waals surface area contributed by atoms with Gasteiger partial charge in [0, 0.05) is 6.42 Å². The molecular formula is C36H60N8O8. The molecular weight excluding hydrogens is 672 g/mol. The number of hydrogen-bond acceptors (Lipinski definition) is 10. The van der Waals surface area contributed by atoms with E-state index in [0.717, 1.165) is 0 Å². The fraction of sp³-hybridized carbons (Fsp3) is 0.611. The van der Waals surface area contributed by atoms with Gasteiger partial charge in [-0.1, -0.05) is 39.0 Å². The Morgan fingerprint density at radius 1 is 0.712 bits per heavy atom. The van der Waals surface area contributed by atoms with Crippen molar-refractivity contribution in [1.29, 1.82) is 0 Å². The maximum absolute atomic E-state index is 13.7. The molecule has 0 fully saturated rings. The van der Waals surface area contributed by atoms with E-state index in [4.69, 9.17) is 17.2 Å². The van der Waals surface area contributed by atoms with Gasteiger partial charge in [-0.05, 0) is 94.5 Å². The number of phenolic OH excluding ortho intramolecular Hbond substituents is 1. The zero-order valence-corrected chi connectivity index (χ0v) is 30.7. The van der Waals surface area contributed by atoms with Crippen molar-refractivity contribution in [2.45, 2.75) is 121 Å². The van der Waals surface area contributed by atoms with Gasteiger partial charge in [-0.3, -0.25) is 24.0 Å². The minimum absolute atomic E-state index is 0.00711. The van der Waals surface area contributed by atoms with Gasteiger partial charge < -0.3 is 54.0 Å². The summed E-state index contributed by atoms with van der Waals surface area (Å²) in [4.78, 5) is 78.9. The Kier molecular flexibility index (Phi) is 21.5. The molecule has 0 aliphatic heterocycles. The van der Waals surface area contributed by atoms with Gasteiger partial charge in [0.15, 0.2) is 0 Å². The Morgan fingerprint density at radius 3 is 1.62 bits per heavy atom. The molecule has 0 aromatic heterocycles. The van der Waals surface area contributed by atoms with Crippen molar-refractivity contribution in [3.63, 3.8) is 0 Å². The molecule has 0 radical (unpaired) electrons. The van der Waals surface area contributed by atoms with Crippen LogP contribution in [0.2, 0.25) is 0 Å². The summed E-state index contributed by atoms with van der Waals surface area (Å²) in [5, 5.41) is 32.6. The molecule has 0 heterocycles. The highest BCUT2D eigenvalue weighted by Crippen LogP contribution is 2.13. The van der Waals surface area contributed by atoms with E-state index < -0.39 is 71.8 Å². The summed E-state index contributed by atoms with van der Waals surface area (Å²) in [7, 11) is 0. The van der Waals surface area contributed by atoms with Gasteiger partial charge in [-0.25, -0.2) is 4.79 Å². The minimum atomic E-state index is -1.26. The number of unbranched alkanes of at least 4 members (excludes halogenated alkanes) is 2. The molecule has 16 nitrogen and oxygen atoms in total. The third-order valence-corrected chi connectivity index (χ3v) is 8.30. The predicted octanol–water partition coefficient (Wildman–Crippen LogP) is 0.0608. The number of nitrogens with two attached hydrogens (primary N) is 3. The van der Waals surface area contributed by atoms with Crippen LogP contribution in [0.15, 0.2) is 36.9 Å². The van der Waals surface area contributed by atoms with E-state index in [1.165, 1.54) is 18.2 Å². The number of benzene rings is 1. The van der Waals surface area contributed by atoms with Crippen LogP contribution in [0, 0.1) is 5.92 Å². The highest BCUT2D eigenvalue weighted by atomic mass is 16.4. The number of rotatable bonds is 26. The molecule has 1 aromatic rings. The van der Waals surface area contributed by atoms with Gasteiger partial charge in [-0.2, -0.15) is 0 Å². The van der Waals surface area contributed by atoms with E-state index in [9.17, 15) is 39.0 Å². The first-order chi connectivity index (χ1) is 24.7. The van der Waals surface area contributed by atoms with E-state index in [-0.39, 0.29) is 43.8 Å². The molecule has 6 atom stereocenters. The van der Waals surface area contributed by atoms with E-state index in [1.807, 2.05) is 13.8 Å². The molecule has 292 valence electrons. The Balaban J connectivity index is 3.30. The summed E-state index contributed by atoms with van der Waals surface area (Å²) >= 11 is 0. The zero-order valence-electron chi connectivity index (χ0n) is 30.7. The Bertz CT molecular complexity index is 1310. The zero-order chi connectivity index (χ0) is 39.2. The molecule has 0 spiro atoms. The van der Waals surface area contributed by atoms with Crippen LogP contribution in [0.3, 0.4) is 0 Å². The standard InChI is InChI=1S/C36H60N8O8/c1-5-11-26(32(47)43-29(21-23-14-16-24(45)17-15-23)35(50)44-30(36(51)52)20-22(3)4)41-34(49)28(13-8-10-19-38)42-33(48)27(12-7-9-18-37)40-31(46)25(39)6-2/h5,14-17,22,25-30,45H,1,6-13,18-21,37-39H2,2-4H3,(H,40,46)(H,41,49)(H,42,48)(H,43,47)(H,44,50)(H,51,52)/t25-,26-,27+,28+,29+,30+/m1/s1. The highest BCUT2D eigenvalue weighted by molar-refractivity contribution is 5.96. The van der Waals surface area contributed by atoms with Crippen molar-refractivity contribution in [1.82, 2.24) is 26.6 Å². The molecule has 16 heteroatoms. The molecule has 0 unspecified atom stereocenters.